The number of halogens is 1. The molecule has 1 aliphatic rings. The number of hydrogen-bond donors (Lipinski definition) is 1. The van der Waals surface area contributed by atoms with Crippen molar-refractivity contribution in [2.24, 2.45) is 0 Å². The molecular weight excluding hydrogens is 378 g/mol. The van der Waals surface area contributed by atoms with Crippen molar-refractivity contribution < 1.29 is 13.2 Å². The van der Waals surface area contributed by atoms with E-state index in [9.17, 15) is 8.42 Å². The van der Waals surface area contributed by atoms with Crippen LogP contribution in [-0.2, 0) is 14.8 Å². The summed E-state index contributed by atoms with van der Waals surface area (Å²) in [4.78, 5) is 2.00. The third-order valence-electron chi connectivity index (χ3n) is 3.47. The van der Waals surface area contributed by atoms with Gasteiger partial charge in [0.2, 0.25) is 0 Å². The first-order valence-electron chi connectivity index (χ1n) is 7.22. The van der Waals surface area contributed by atoms with E-state index in [1.54, 1.807) is 19.2 Å². The van der Waals surface area contributed by atoms with Crippen LogP contribution in [0.1, 0.15) is 6.42 Å². The van der Waals surface area contributed by atoms with Gasteiger partial charge in [-0.2, -0.15) is 4.31 Å². The van der Waals surface area contributed by atoms with E-state index in [1.165, 1.54) is 4.31 Å². The standard InChI is InChI=1S/C13H20ClN3O3S3/c1-20-10-2-5-15-13(21)16-6-8-17(9-7-16)23(18,19)12-4-3-11(14)22-12/h3-4H,2,5-10H2,1H3,(H,15,21). The van der Waals surface area contributed by atoms with Crippen molar-refractivity contribution in [3.8, 4) is 0 Å². The van der Waals surface area contributed by atoms with Gasteiger partial charge in [-0.25, -0.2) is 8.42 Å². The highest BCUT2D eigenvalue weighted by molar-refractivity contribution is 7.91. The van der Waals surface area contributed by atoms with Gasteiger partial charge >= 0.3 is 0 Å². The van der Waals surface area contributed by atoms with Crippen molar-refractivity contribution in [3.05, 3.63) is 16.5 Å². The van der Waals surface area contributed by atoms with Crippen LogP contribution in [0.3, 0.4) is 0 Å². The Morgan fingerprint density at radius 1 is 1.39 bits per heavy atom. The molecule has 2 heterocycles. The van der Waals surface area contributed by atoms with Crippen molar-refractivity contribution in [2.45, 2.75) is 10.6 Å². The van der Waals surface area contributed by atoms with Crippen molar-refractivity contribution in [1.29, 1.82) is 0 Å². The number of thiophene rings is 1. The Morgan fingerprint density at radius 3 is 2.65 bits per heavy atom. The largest absolute Gasteiger partial charge is 0.385 e. The van der Waals surface area contributed by atoms with E-state index in [1.807, 2.05) is 4.90 Å². The average molecular weight is 398 g/mol. The zero-order chi connectivity index (χ0) is 16.9. The van der Waals surface area contributed by atoms with Crippen molar-refractivity contribution >= 4 is 50.3 Å². The van der Waals surface area contributed by atoms with E-state index in [0.29, 0.717) is 42.2 Å². The van der Waals surface area contributed by atoms with Gasteiger partial charge in [0, 0.05) is 46.4 Å². The molecule has 1 aromatic heterocycles. The third-order valence-corrected chi connectivity index (χ3v) is 7.47. The summed E-state index contributed by atoms with van der Waals surface area (Å²) >= 11 is 12.3. The SMILES string of the molecule is COCCCNC(=S)N1CCN(S(=O)(=O)c2ccc(Cl)s2)CC1. The fourth-order valence-electron chi connectivity index (χ4n) is 2.22. The number of sulfonamides is 1. The molecule has 2 rings (SSSR count). The molecule has 1 aliphatic heterocycles. The van der Waals surface area contributed by atoms with Gasteiger partial charge in [-0.3, -0.25) is 0 Å². The Labute approximate surface area is 151 Å². The number of piperazine rings is 1. The summed E-state index contributed by atoms with van der Waals surface area (Å²) in [6, 6.07) is 3.16. The van der Waals surface area contributed by atoms with Crippen LogP contribution in [0.5, 0.6) is 0 Å². The van der Waals surface area contributed by atoms with Crippen LogP contribution in [0.15, 0.2) is 16.3 Å². The average Bonchev–Trinajstić information content (AvgIpc) is 2.99. The summed E-state index contributed by atoms with van der Waals surface area (Å²) in [6.45, 7) is 3.42. The molecule has 0 atom stereocenters. The molecule has 1 fully saturated rings. The van der Waals surface area contributed by atoms with Gasteiger partial charge in [-0.05, 0) is 30.8 Å². The topological polar surface area (TPSA) is 61.9 Å². The number of nitrogens with one attached hydrogen (secondary N) is 1. The van der Waals surface area contributed by atoms with Crippen LogP contribution in [-0.4, -0.2) is 69.2 Å². The maximum atomic E-state index is 12.5. The molecule has 0 bridgehead atoms. The molecule has 0 saturated carbocycles. The minimum absolute atomic E-state index is 0.288. The number of nitrogens with zero attached hydrogens (tertiary/aromatic N) is 2. The van der Waals surface area contributed by atoms with Crippen LogP contribution in [0, 0.1) is 0 Å². The lowest BCUT2D eigenvalue weighted by atomic mass is 10.4. The summed E-state index contributed by atoms with van der Waals surface area (Å²) in [5.41, 5.74) is 0. The lowest BCUT2D eigenvalue weighted by Crippen LogP contribution is -2.53. The molecule has 0 aliphatic carbocycles. The van der Waals surface area contributed by atoms with Gasteiger partial charge in [0.05, 0.1) is 4.34 Å². The quantitative estimate of drug-likeness (QED) is 0.581. The summed E-state index contributed by atoms with van der Waals surface area (Å²) in [7, 11) is -1.79. The predicted molar refractivity (Wildman–Crippen MR) is 96.8 cm³/mol. The van der Waals surface area contributed by atoms with E-state index < -0.39 is 10.0 Å². The van der Waals surface area contributed by atoms with Gasteiger partial charge in [0.25, 0.3) is 10.0 Å². The Kier molecular flexibility index (Phi) is 7.05. The molecule has 1 N–H and O–H groups in total. The lowest BCUT2D eigenvalue weighted by Gasteiger charge is -2.35. The molecular formula is C13H20ClN3O3S3. The lowest BCUT2D eigenvalue weighted by molar-refractivity contribution is 0.195. The fourth-order valence-corrected chi connectivity index (χ4v) is 5.56. The first-order valence-corrected chi connectivity index (χ1v) is 10.3. The Morgan fingerprint density at radius 2 is 2.09 bits per heavy atom. The van der Waals surface area contributed by atoms with E-state index in [0.717, 1.165) is 24.3 Å². The second-order valence-corrected chi connectivity index (χ2v) is 9.29. The fraction of sp³-hybridized carbons (Fsp3) is 0.615. The van der Waals surface area contributed by atoms with Gasteiger partial charge in [0.15, 0.2) is 5.11 Å². The van der Waals surface area contributed by atoms with Gasteiger partial charge in [-0.15, -0.1) is 11.3 Å². The first-order chi connectivity index (χ1) is 10.9. The molecule has 0 aromatic carbocycles. The Hall–Kier alpha value is -0.450. The summed E-state index contributed by atoms with van der Waals surface area (Å²) < 4.78 is 32.3. The first kappa shape index (κ1) is 18.9. The summed E-state index contributed by atoms with van der Waals surface area (Å²) in [6.07, 6.45) is 0.879. The monoisotopic (exact) mass is 397 g/mol. The molecule has 23 heavy (non-hydrogen) atoms. The predicted octanol–water partition coefficient (Wildman–Crippen LogP) is 1.62. The molecule has 0 spiro atoms. The van der Waals surface area contributed by atoms with Gasteiger partial charge in [0.1, 0.15) is 4.21 Å². The van der Waals surface area contributed by atoms with E-state index in [4.69, 9.17) is 28.6 Å². The smallest absolute Gasteiger partial charge is 0.252 e. The number of methoxy groups -OCH3 is 1. The van der Waals surface area contributed by atoms with E-state index in [2.05, 4.69) is 5.32 Å². The highest BCUT2D eigenvalue weighted by Gasteiger charge is 2.30. The van der Waals surface area contributed by atoms with E-state index >= 15 is 0 Å². The normalized spacial score (nSPS) is 16.5. The van der Waals surface area contributed by atoms with Crippen LogP contribution >= 0.6 is 35.2 Å². The van der Waals surface area contributed by atoms with Crippen LogP contribution in [0.2, 0.25) is 4.34 Å². The molecule has 1 saturated heterocycles. The number of hydrogen-bond acceptors (Lipinski definition) is 5. The molecule has 6 nitrogen and oxygen atoms in total. The third kappa shape index (κ3) is 5.01. The second kappa shape index (κ2) is 8.59. The van der Waals surface area contributed by atoms with Crippen LogP contribution in [0.4, 0.5) is 0 Å². The molecule has 10 heteroatoms. The van der Waals surface area contributed by atoms with Crippen molar-refractivity contribution in [1.82, 2.24) is 14.5 Å². The molecule has 0 amide bonds. The van der Waals surface area contributed by atoms with Gasteiger partial charge < -0.3 is 15.0 Å². The number of rotatable bonds is 6. The zero-order valence-electron chi connectivity index (χ0n) is 12.8. The summed E-state index contributed by atoms with van der Waals surface area (Å²) in [5.74, 6) is 0. The minimum Gasteiger partial charge on any atom is -0.385 e. The maximum absolute atomic E-state index is 12.5. The second-order valence-electron chi connectivity index (χ2n) is 5.03. The highest BCUT2D eigenvalue weighted by Crippen LogP contribution is 2.28. The molecule has 0 unspecified atom stereocenters. The van der Waals surface area contributed by atoms with E-state index in [-0.39, 0.29) is 4.21 Å². The maximum Gasteiger partial charge on any atom is 0.252 e. The molecule has 130 valence electrons. The minimum atomic E-state index is -3.45. The summed E-state index contributed by atoms with van der Waals surface area (Å²) in [5, 5.41) is 3.83. The highest BCUT2D eigenvalue weighted by atomic mass is 35.5. The van der Waals surface area contributed by atoms with Crippen molar-refractivity contribution in [3.63, 3.8) is 0 Å². The molecule has 1 aromatic rings. The number of ether oxygens (including phenoxy) is 1. The zero-order valence-corrected chi connectivity index (χ0v) is 16.0. The van der Waals surface area contributed by atoms with Gasteiger partial charge in [-0.1, -0.05) is 11.6 Å². The van der Waals surface area contributed by atoms with Crippen LogP contribution in [0.25, 0.3) is 0 Å². The Balaban J connectivity index is 1.85. The molecule has 0 radical (unpaired) electrons. The van der Waals surface area contributed by atoms with Crippen LogP contribution < -0.4 is 5.32 Å². The Bertz CT molecular complexity index is 627. The number of thiocarbonyl (C=S) groups is 1. The van der Waals surface area contributed by atoms with Crippen molar-refractivity contribution in [2.75, 3.05) is 46.4 Å².